The molecule has 1 aromatic carbocycles. The third-order valence-electron chi connectivity index (χ3n) is 3.86. The van der Waals surface area contributed by atoms with E-state index in [4.69, 9.17) is 5.14 Å². The van der Waals surface area contributed by atoms with E-state index in [0.717, 1.165) is 0 Å². The molecule has 0 spiro atoms. The van der Waals surface area contributed by atoms with Crippen LogP contribution in [0.3, 0.4) is 0 Å². The highest BCUT2D eigenvalue weighted by atomic mass is 32.2. The molecule has 3 N–H and O–H groups in total. The molecule has 10 nitrogen and oxygen atoms in total. The normalized spacial score (nSPS) is 15.1. The van der Waals surface area contributed by atoms with Gasteiger partial charge in [-0.1, -0.05) is 0 Å². The Kier molecular flexibility index (Phi) is 6.38. The van der Waals surface area contributed by atoms with E-state index in [9.17, 15) is 23.3 Å². The van der Waals surface area contributed by atoms with Gasteiger partial charge in [-0.2, -0.15) is 5.26 Å². The van der Waals surface area contributed by atoms with Crippen LogP contribution in [0, 0.1) is 11.3 Å². The molecule has 144 valence electrons. The van der Waals surface area contributed by atoms with Crippen molar-refractivity contribution in [1.82, 2.24) is 9.80 Å². The van der Waals surface area contributed by atoms with Crippen LogP contribution in [0.15, 0.2) is 40.9 Å². The maximum Gasteiger partial charge on any atom is 0.409 e. The molecular formula is C16H19N5O5S. The summed E-state index contributed by atoms with van der Waals surface area (Å²) in [6, 6.07) is 7.10. The van der Waals surface area contributed by atoms with Gasteiger partial charge in [-0.25, -0.2) is 18.4 Å². The SMILES string of the molecule is COC(=O)N1CCN(/C=C(/C#N)C(=O)Nc2ccc(S(N)(=O)=O)cc2)CC1. The van der Waals surface area contributed by atoms with Gasteiger partial charge in [0, 0.05) is 38.1 Å². The number of carbonyl (C=O) groups is 2. The topological polar surface area (TPSA) is 146 Å². The number of piperazine rings is 1. The minimum atomic E-state index is -3.82. The molecule has 0 radical (unpaired) electrons. The van der Waals surface area contributed by atoms with Gasteiger partial charge in [-0.15, -0.1) is 0 Å². The van der Waals surface area contributed by atoms with Crippen molar-refractivity contribution >= 4 is 27.7 Å². The number of methoxy groups -OCH3 is 1. The second-order valence-electron chi connectivity index (χ2n) is 5.67. The Morgan fingerprint density at radius 2 is 1.81 bits per heavy atom. The molecule has 2 amide bonds. The number of carbonyl (C=O) groups excluding carboxylic acids is 2. The molecule has 0 unspecified atom stereocenters. The maximum absolute atomic E-state index is 12.3. The van der Waals surface area contributed by atoms with Gasteiger partial charge in [0.05, 0.1) is 12.0 Å². The Morgan fingerprint density at radius 3 is 2.30 bits per heavy atom. The summed E-state index contributed by atoms with van der Waals surface area (Å²) in [7, 11) is -2.51. The zero-order valence-corrected chi connectivity index (χ0v) is 15.4. The van der Waals surface area contributed by atoms with Crippen molar-refractivity contribution in [2.24, 2.45) is 5.14 Å². The monoisotopic (exact) mass is 393 g/mol. The van der Waals surface area contributed by atoms with E-state index < -0.39 is 22.0 Å². The van der Waals surface area contributed by atoms with Crippen LogP contribution in [0.2, 0.25) is 0 Å². The number of ether oxygens (including phenoxy) is 1. The first kappa shape index (κ1) is 20.2. The summed E-state index contributed by atoms with van der Waals surface area (Å²) in [4.78, 5) is 26.9. The minimum absolute atomic E-state index is 0.0833. The molecule has 2 rings (SSSR count). The predicted molar refractivity (Wildman–Crippen MR) is 95.7 cm³/mol. The van der Waals surface area contributed by atoms with Crippen LogP contribution in [0.25, 0.3) is 0 Å². The van der Waals surface area contributed by atoms with Gasteiger partial charge in [0.25, 0.3) is 5.91 Å². The Bertz CT molecular complexity index is 881. The molecule has 0 atom stereocenters. The molecule has 1 saturated heterocycles. The number of nitrogens with zero attached hydrogens (tertiary/aromatic N) is 3. The number of hydrogen-bond acceptors (Lipinski definition) is 7. The first-order valence-electron chi connectivity index (χ1n) is 7.87. The molecule has 1 aliphatic heterocycles. The number of nitriles is 1. The van der Waals surface area contributed by atoms with E-state index in [1.165, 1.54) is 42.5 Å². The fraction of sp³-hybridized carbons (Fsp3) is 0.312. The molecule has 27 heavy (non-hydrogen) atoms. The maximum atomic E-state index is 12.3. The lowest BCUT2D eigenvalue weighted by molar-refractivity contribution is -0.112. The van der Waals surface area contributed by atoms with Crippen LogP contribution in [-0.4, -0.2) is 63.5 Å². The highest BCUT2D eigenvalue weighted by Gasteiger charge is 2.21. The summed E-state index contributed by atoms with van der Waals surface area (Å²) < 4.78 is 27.1. The Hall–Kier alpha value is -3.10. The van der Waals surface area contributed by atoms with Gasteiger partial charge in [0.1, 0.15) is 11.6 Å². The van der Waals surface area contributed by atoms with Crippen molar-refractivity contribution in [2.75, 3.05) is 38.6 Å². The van der Waals surface area contributed by atoms with Crippen LogP contribution < -0.4 is 10.5 Å². The quantitative estimate of drug-likeness (QED) is 0.543. The smallest absolute Gasteiger partial charge is 0.409 e. The number of nitrogens with two attached hydrogens (primary N) is 1. The standard InChI is InChI=1S/C16H19N5O5S/c1-26-16(23)21-8-6-20(7-9-21)11-12(10-17)15(22)19-13-2-4-14(5-3-13)27(18,24)25/h2-5,11H,6-9H2,1H3,(H,19,22)(H2,18,24,25)/b12-11-. The number of amides is 2. The van der Waals surface area contributed by atoms with Crippen molar-refractivity contribution < 1.29 is 22.7 Å². The van der Waals surface area contributed by atoms with Crippen molar-refractivity contribution in [3.8, 4) is 6.07 Å². The zero-order valence-electron chi connectivity index (χ0n) is 14.6. The van der Waals surface area contributed by atoms with Gasteiger partial charge < -0.3 is 19.9 Å². The van der Waals surface area contributed by atoms with Gasteiger partial charge in [-0.05, 0) is 24.3 Å². The van der Waals surface area contributed by atoms with Crippen molar-refractivity contribution in [1.29, 1.82) is 5.26 Å². The minimum Gasteiger partial charge on any atom is -0.453 e. The van der Waals surface area contributed by atoms with E-state index in [-0.39, 0.29) is 10.5 Å². The average Bonchev–Trinajstić information content (AvgIpc) is 2.65. The van der Waals surface area contributed by atoms with Gasteiger partial charge in [-0.3, -0.25) is 4.79 Å². The zero-order chi connectivity index (χ0) is 20.0. The lowest BCUT2D eigenvalue weighted by atomic mass is 10.2. The first-order valence-corrected chi connectivity index (χ1v) is 9.42. The van der Waals surface area contributed by atoms with E-state index in [1.807, 2.05) is 6.07 Å². The number of benzene rings is 1. The lowest BCUT2D eigenvalue weighted by Crippen LogP contribution is -2.47. The lowest BCUT2D eigenvalue weighted by Gasteiger charge is -2.33. The van der Waals surface area contributed by atoms with Crippen molar-refractivity contribution in [3.05, 3.63) is 36.0 Å². The molecule has 0 bridgehead atoms. The molecule has 0 saturated carbocycles. The number of rotatable bonds is 4. The molecule has 1 aliphatic rings. The molecule has 0 aromatic heterocycles. The molecule has 1 heterocycles. The third-order valence-corrected chi connectivity index (χ3v) is 4.79. The van der Waals surface area contributed by atoms with Gasteiger partial charge in [0.15, 0.2) is 0 Å². The van der Waals surface area contributed by atoms with E-state index >= 15 is 0 Å². The largest absolute Gasteiger partial charge is 0.453 e. The molecule has 11 heteroatoms. The van der Waals surface area contributed by atoms with Crippen molar-refractivity contribution in [3.63, 3.8) is 0 Å². The molecule has 1 fully saturated rings. The van der Waals surface area contributed by atoms with Crippen LogP contribution >= 0.6 is 0 Å². The second kappa shape index (κ2) is 8.52. The van der Waals surface area contributed by atoms with E-state index in [2.05, 4.69) is 10.1 Å². The highest BCUT2D eigenvalue weighted by Crippen LogP contribution is 2.14. The first-order chi connectivity index (χ1) is 12.7. The number of anilines is 1. The number of hydrogen-bond donors (Lipinski definition) is 2. The number of primary sulfonamides is 1. The molecule has 1 aromatic rings. The van der Waals surface area contributed by atoms with E-state index in [0.29, 0.717) is 31.9 Å². The Balaban J connectivity index is 2.01. The second-order valence-corrected chi connectivity index (χ2v) is 7.23. The summed E-state index contributed by atoms with van der Waals surface area (Å²) in [5.41, 5.74) is 0.209. The van der Waals surface area contributed by atoms with Crippen LogP contribution in [-0.2, 0) is 19.6 Å². The van der Waals surface area contributed by atoms with E-state index in [1.54, 1.807) is 4.90 Å². The Morgan fingerprint density at radius 1 is 1.22 bits per heavy atom. The number of nitrogens with one attached hydrogen (secondary N) is 1. The highest BCUT2D eigenvalue weighted by molar-refractivity contribution is 7.89. The van der Waals surface area contributed by atoms with Gasteiger partial charge >= 0.3 is 6.09 Å². The van der Waals surface area contributed by atoms with Gasteiger partial charge in [0.2, 0.25) is 10.0 Å². The summed E-state index contributed by atoms with van der Waals surface area (Å²) >= 11 is 0. The van der Waals surface area contributed by atoms with Crippen LogP contribution in [0.4, 0.5) is 10.5 Å². The predicted octanol–water partition coefficient (Wildman–Crippen LogP) is 0.0640. The molecular weight excluding hydrogens is 374 g/mol. The summed E-state index contributed by atoms with van der Waals surface area (Å²) in [6.45, 7) is 1.74. The number of sulfonamides is 1. The fourth-order valence-corrected chi connectivity index (χ4v) is 2.93. The average molecular weight is 393 g/mol. The summed E-state index contributed by atoms with van der Waals surface area (Å²) in [6.07, 6.45) is 1.02. The van der Waals surface area contributed by atoms with Crippen LogP contribution in [0.5, 0.6) is 0 Å². The summed E-state index contributed by atoms with van der Waals surface area (Å²) in [5.74, 6) is -0.628. The van der Waals surface area contributed by atoms with Crippen LogP contribution in [0.1, 0.15) is 0 Å². The third kappa shape index (κ3) is 5.44. The fourth-order valence-electron chi connectivity index (χ4n) is 2.41. The van der Waals surface area contributed by atoms with Crippen molar-refractivity contribution in [2.45, 2.75) is 4.90 Å². The Labute approximate surface area is 156 Å². The molecule has 0 aliphatic carbocycles. The summed E-state index contributed by atoms with van der Waals surface area (Å²) in [5, 5.41) is 16.8.